The average molecular weight is 418 g/mol. The minimum Gasteiger partial charge on any atom is -0.496 e. The van der Waals surface area contributed by atoms with Crippen LogP contribution in [0.2, 0.25) is 0 Å². The van der Waals surface area contributed by atoms with Crippen LogP contribution in [0, 0.1) is 12.7 Å². The molecule has 0 fully saturated rings. The summed E-state index contributed by atoms with van der Waals surface area (Å²) in [5.74, 6) is -0.763. The summed E-state index contributed by atoms with van der Waals surface area (Å²) in [4.78, 5) is 17.2. The molecule has 0 saturated carbocycles. The van der Waals surface area contributed by atoms with Gasteiger partial charge in [-0.2, -0.15) is 0 Å². The quantitative estimate of drug-likeness (QED) is 0.561. The number of anilines is 1. The van der Waals surface area contributed by atoms with Crippen LogP contribution in [0.15, 0.2) is 30.3 Å². The number of ether oxygens (including phenoxy) is 3. The Balaban J connectivity index is 1.89. The van der Waals surface area contributed by atoms with Crippen LogP contribution < -0.4 is 14.8 Å². The SMILES string of the molecule is COCCOc1nnc(NC(=O)c2ccc(C)nc2-c2c(F)cccc2OC)s1. The number of rotatable bonds is 8. The number of hydrogen-bond acceptors (Lipinski definition) is 8. The highest BCUT2D eigenvalue weighted by atomic mass is 32.1. The Hall–Kier alpha value is -3.11. The molecule has 0 radical (unpaired) electrons. The van der Waals surface area contributed by atoms with E-state index in [1.54, 1.807) is 32.2 Å². The predicted octanol–water partition coefficient (Wildman–Crippen LogP) is 3.33. The van der Waals surface area contributed by atoms with Crippen LogP contribution in [-0.2, 0) is 4.74 Å². The maximum Gasteiger partial charge on any atom is 0.295 e. The predicted molar refractivity (Wildman–Crippen MR) is 106 cm³/mol. The van der Waals surface area contributed by atoms with E-state index < -0.39 is 11.7 Å². The van der Waals surface area contributed by atoms with Crippen molar-refractivity contribution in [3.8, 4) is 22.2 Å². The van der Waals surface area contributed by atoms with E-state index >= 15 is 0 Å². The number of carbonyl (C=O) groups is 1. The Kier molecular flexibility index (Phi) is 6.68. The minimum absolute atomic E-state index is 0.115. The molecule has 3 rings (SSSR count). The summed E-state index contributed by atoms with van der Waals surface area (Å²) in [6.45, 7) is 2.48. The summed E-state index contributed by atoms with van der Waals surface area (Å²) in [7, 11) is 2.99. The number of carbonyl (C=O) groups excluding carboxylic acids is 1. The first-order valence-electron chi connectivity index (χ1n) is 8.60. The maximum absolute atomic E-state index is 14.6. The van der Waals surface area contributed by atoms with Crippen LogP contribution in [0.25, 0.3) is 11.3 Å². The number of nitrogens with one attached hydrogen (secondary N) is 1. The van der Waals surface area contributed by atoms with Gasteiger partial charge in [0.2, 0.25) is 5.13 Å². The number of nitrogens with zero attached hydrogens (tertiary/aromatic N) is 3. The summed E-state index contributed by atoms with van der Waals surface area (Å²) in [6, 6.07) is 7.68. The van der Waals surface area contributed by atoms with Gasteiger partial charge in [0.1, 0.15) is 18.2 Å². The van der Waals surface area contributed by atoms with Crippen molar-refractivity contribution in [2.24, 2.45) is 0 Å². The van der Waals surface area contributed by atoms with E-state index in [9.17, 15) is 9.18 Å². The van der Waals surface area contributed by atoms with Gasteiger partial charge < -0.3 is 14.2 Å². The Morgan fingerprint density at radius 3 is 2.76 bits per heavy atom. The van der Waals surface area contributed by atoms with Crippen LogP contribution in [0.1, 0.15) is 16.1 Å². The minimum atomic E-state index is -0.541. The van der Waals surface area contributed by atoms with Crippen molar-refractivity contribution in [1.29, 1.82) is 0 Å². The van der Waals surface area contributed by atoms with E-state index in [0.29, 0.717) is 24.1 Å². The number of pyridine rings is 1. The van der Waals surface area contributed by atoms with Gasteiger partial charge in [-0.15, -0.1) is 5.10 Å². The second-order valence-corrected chi connectivity index (χ2v) is 6.77. The summed E-state index contributed by atoms with van der Waals surface area (Å²) >= 11 is 1.07. The van der Waals surface area contributed by atoms with Crippen LogP contribution in [0.3, 0.4) is 0 Å². The lowest BCUT2D eigenvalue weighted by Crippen LogP contribution is -2.14. The van der Waals surface area contributed by atoms with Crippen molar-refractivity contribution in [3.05, 3.63) is 47.4 Å². The molecule has 3 aromatic rings. The number of aromatic nitrogens is 3. The van der Waals surface area contributed by atoms with E-state index in [4.69, 9.17) is 14.2 Å². The van der Waals surface area contributed by atoms with Crippen molar-refractivity contribution in [2.45, 2.75) is 6.92 Å². The fraction of sp³-hybridized carbons (Fsp3) is 0.263. The molecule has 10 heteroatoms. The molecule has 1 aromatic carbocycles. The van der Waals surface area contributed by atoms with Gasteiger partial charge in [0.25, 0.3) is 11.1 Å². The maximum atomic E-state index is 14.6. The third-order valence-electron chi connectivity index (χ3n) is 3.85. The fourth-order valence-electron chi connectivity index (χ4n) is 2.53. The van der Waals surface area contributed by atoms with Crippen molar-refractivity contribution >= 4 is 22.4 Å². The molecule has 1 amide bonds. The molecule has 2 aromatic heterocycles. The van der Waals surface area contributed by atoms with Gasteiger partial charge in [-0.05, 0) is 42.5 Å². The van der Waals surface area contributed by atoms with E-state index in [1.807, 2.05) is 0 Å². The molecule has 0 aliphatic carbocycles. The van der Waals surface area contributed by atoms with Gasteiger partial charge in [-0.1, -0.05) is 11.2 Å². The monoisotopic (exact) mass is 418 g/mol. The summed E-state index contributed by atoms with van der Waals surface area (Å²) in [5.41, 5.74) is 1.10. The molecular formula is C19H19FN4O4S. The van der Waals surface area contributed by atoms with Gasteiger partial charge >= 0.3 is 0 Å². The van der Waals surface area contributed by atoms with Crippen LogP contribution in [0.4, 0.5) is 9.52 Å². The number of benzene rings is 1. The zero-order chi connectivity index (χ0) is 20.8. The first-order chi connectivity index (χ1) is 14.0. The van der Waals surface area contributed by atoms with Gasteiger partial charge in [-0.3, -0.25) is 15.1 Å². The second kappa shape index (κ2) is 9.39. The van der Waals surface area contributed by atoms with E-state index in [0.717, 1.165) is 11.3 Å². The van der Waals surface area contributed by atoms with Crippen LogP contribution >= 0.6 is 11.3 Å². The lowest BCUT2D eigenvalue weighted by Gasteiger charge is -2.13. The molecule has 0 bridgehead atoms. The van der Waals surface area contributed by atoms with Crippen molar-refractivity contribution < 1.29 is 23.4 Å². The Labute approximate surface area is 170 Å². The molecule has 29 heavy (non-hydrogen) atoms. The van der Waals surface area contributed by atoms with Crippen LogP contribution in [0.5, 0.6) is 10.9 Å². The van der Waals surface area contributed by atoms with Gasteiger partial charge in [-0.25, -0.2) is 4.39 Å². The Bertz CT molecular complexity index is 1010. The first-order valence-corrected chi connectivity index (χ1v) is 9.42. The lowest BCUT2D eigenvalue weighted by atomic mass is 10.0. The van der Waals surface area contributed by atoms with Gasteiger partial charge in [0, 0.05) is 12.8 Å². The molecule has 0 unspecified atom stereocenters. The van der Waals surface area contributed by atoms with Crippen molar-refractivity contribution in [1.82, 2.24) is 15.2 Å². The first kappa shape index (κ1) is 20.6. The molecule has 0 aliphatic heterocycles. The van der Waals surface area contributed by atoms with E-state index in [2.05, 4.69) is 20.5 Å². The van der Waals surface area contributed by atoms with Crippen molar-refractivity contribution in [3.63, 3.8) is 0 Å². The smallest absolute Gasteiger partial charge is 0.295 e. The molecule has 1 N–H and O–H groups in total. The highest BCUT2D eigenvalue weighted by Crippen LogP contribution is 2.34. The zero-order valence-electron chi connectivity index (χ0n) is 16.1. The normalized spacial score (nSPS) is 10.6. The largest absolute Gasteiger partial charge is 0.496 e. The molecule has 152 valence electrons. The average Bonchev–Trinajstić information content (AvgIpc) is 3.15. The number of amides is 1. The Morgan fingerprint density at radius 1 is 1.17 bits per heavy atom. The lowest BCUT2D eigenvalue weighted by molar-refractivity contribution is 0.102. The number of methoxy groups -OCH3 is 2. The molecular weight excluding hydrogens is 399 g/mol. The molecule has 2 heterocycles. The van der Waals surface area contributed by atoms with Crippen LogP contribution in [-0.4, -0.2) is 48.5 Å². The summed E-state index contributed by atoms with van der Waals surface area (Å²) < 4.78 is 30.1. The van der Waals surface area contributed by atoms with Crippen molar-refractivity contribution in [2.75, 3.05) is 32.8 Å². The highest BCUT2D eigenvalue weighted by Gasteiger charge is 2.22. The summed E-state index contributed by atoms with van der Waals surface area (Å²) in [6.07, 6.45) is 0. The topological polar surface area (TPSA) is 95.5 Å². The molecule has 8 nitrogen and oxygen atoms in total. The highest BCUT2D eigenvalue weighted by molar-refractivity contribution is 7.17. The molecule has 0 saturated heterocycles. The number of aryl methyl sites for hydroxylation is 1. The fourth-order valence-corrected chi connectivity index (χ4v) is 3.14. The summed E-state index contributed by atoms with van der Waals surface area (Å²) in [5, 5.41) is 10.9. The van der Waals surface area contributed by atoms with E-state index in [-0.39, 0.29) is 27.7 Å². The second-order valence-electron chi connectivity index (χ2n) is 5.83. The standard InChI is InChI=1S/C19H19FN4O4S/c1-11-7-8-12(16(21-11)15-13(20)5-4-6-14(15)27-3)17(25)22-18-23-24-19(29-18)28-10-9-26-2/h4-8H,9-10H2,1-3H3,(H,22,23,25). The third kappa shape index (κ3) is 4.84. The molecule has 0 aliphatic rings. The number of halogens is 1. The number of hydrogen-bond donors (Lipinski definition) is 1. The molecule has 0 atom stereocenters. The van der Waals surface area contributed by atoms with E-state index in [1.165, 1.54) is 19.2 Å². The van der Waals surface area contributed by atoms with Gasteiger partial charge in [0.05, 0.1) is 30.5 Å². The molecule has 0 spiro atoms. The third-order valence-corrected chi connectivity index (χ3v) is 4.60. The van der Waals surface area contributed by atoms with Gasteiger partial charge in [0.15, 0.2) is 0 Å². The zero-order valence-corrected chi connectivity index (χ0v) is 16.9. The Morgan fingerprint density at radius 2 is 2.00 bits per heavy atom.